The molecule has 22 heavy (non-hydrogen) atoms. The lowest BCUT2D eigenvalue weighted by Crippen LogP contribution is -2.46. The van der Waals surface area contributed by atoms with Gasteiger partial charge in [0.15, 0.2) is 0 Å². The molecule has 6 heteroatoms. The first-order valence-corrected chi connectivity index (χ1v) is 7.12. The zero-order valence-electron chi connectivity index (χ0n) is 12.4. The van der Waals surface area contributed by atoms with Crippen LogP contribution in [0.25, 0.3) is 0 Å². The molecule has 5 nitrogen and oxygen atoms in total. The van der Waals surface area contributed by atoms with E-state index in [-0.39, 0.29) is 12.6 Å². The molecule has 116 valence electrons. The Balaban J connectivity index is 2.44. The maximum Gasteiger partial charge on any atom is 0.338 e. The highest BCUT2D eigenvalue weighted by atomic mass is 35.5. The highest BCUT2D eigenvalue weighted by Gasteiger charge is 2.34. The quantitative estimate of drug-likeness (QED) is 0.685. The summed E-state index contributed by atoms with van der Waals surface area (Å²) >= 11 is 5.89. The number of nitrogens with one attached hydrogen (secondary N) is 1. The Labute approximate surface area is 134 Å². The molecule has 1 aliphatic heterocycles. The van der Waals surface area contributed by atoms with Crippen molar-refractivity contribution in [2.24, 2.45) is 0 Å². The van der Waals surface area contributed by atoms with Crippen LogP contribution in [0.3, 0.4) is 0 Å². The Morgan fingerprint density at radius 2 is 2.09 bits per heavy atom. The van der Waals surface area contributed by atoms with Gasteiger partial charge in [0.1, 0.15) is 6.61 Å². The largest absolute Gasteiger partial charge is 0.458 e. The standard InChI is InChI=1S/C16H17ClN2O3/c1-4-9-22-15(20)13-10(2)19(3)16(21)18-14(13)11-5-7-12(17)8-6-11/h4-8,14H,1,9H2,2-3H3,(H,18,21)/t14-/m0/s1. The summed E-state index contributed by atoms with van der Waals surface area (Å²) in [5.41, 5.74) is 1.71. The molecule has 2 rings (SSSR count). The molecule has 0 unspecified atom stereocenters. The number of halogens is 1. The van der Waals surface area contributed by atoms with E-state index < -0.39 is 12.0 Å². The van der Waals surface area contributed by atoms with E-state index in [2.05, 4.69) is 11.9 Å². The lowest BCUT2D eigenvalue weighted by Gasteiger charge is -2.33. The second-order valence-corrected chi connectivity index (χ2v) is 5.32. The Morgan fingerprint density at radius 1 is 1.45 bits per heavy atom. The Morgan fingerprint density at radius 3 is 2.68 bits per heavy atom. The fourth-order valence-corrected chi connectivity index (χ4v) is 2.34. The third-order valence-corrected chi connectivity index (χ3v) is 3.76. The van der Waals surface area contributed by atoms with Gasteiger partial charge in [-0.1, -0.05) is 36.4 Å². The van der Waals surface area contributed by atoms with Crippen LogP contribution in [0, 0.1) is 0 Å². The van der Waals surface area contributed by atoms with Crippen LogP contribution in [0.15, 0.2) is 48.2 Å². The summed E-state index contributed by atoms with van der Waals surface area (Å²) in [6.07, 6.45) is 1.50. The number of nitrogens with zero attached hydrogens (tertiary/aromatic N) is 1. The number of hydrogen-bond donors (Lipinski definition) is 1. The molecule has 1 aromatic rings. The van der Waals surface area contributed by atoms with E-state index in [9.17, 15) is 9.59 Å². The van der Waals surface area contributed by atoms with Gasteiger partial charge in [0.2, 0.25) is 0 Å². The molecule has 2 amide bonds. The van der Waals surface area contributed by atoms with Crippen LogP contribution in [0.4, 0.5) is 4.79 Å². The van der Waals surface area contributed by atoms with Crippen molar-refractivity contribution in [2.75, 3.05) is 13.7 Å². The first-order valence-electron chi connectivity index (χ1n) is 6.74. The van der Waals surface area contributed by atoms with E-state index in [1.165, 1.54) is 11.0 Å². The van der Waals surface area contributed by atoms with Crippen LogP contribution in [0.2, 0.25) is 5.02 Å². The maximum absolute atomic E-state index is 12.3. The molecule has 0 bridgehead atoms. The molecule has 0 saturated heterocycles. The average Bonchev–Trinajstić information content (AvgIpc) is 2.50. The van der Waals surface area contributed by atoms with Crippen molar-refractivity contribution >= 4 is 23.6 Å². The van der Waals surface area contributed by atoms with E-state index in [1.807, 2.05) is 0 Å². The van der Waals surface area contributed by atoms with Gasteiger partial charge in [-0.2, -0.15) is 0 Å². The molecule has 1 heterocycles. The molecular weight excluding hydrogens is 304 g/mol. The van der Waals surface area contributed by atoms with E-state index in [0.717, 1.165) is 5.56 Å². The monoisotopic (exact) mass is 320 g/mol. The molecule has 1 N–H and O–H groups in total. The van der Waals surface area contributed by atoms with Crippen LogP contribution in [-0.2, 0) is 9.53 Å². The number of ether oxygens (including phenoxy) is 1. The minimum absolute atomic E-state index is 0.112. The predicted octanol–water partition coefficient (Wildman–Crippen LogP) is 3.04. The minimum Gasteiger partial charge on any atom is -0.458 e. The number of esters is 1. The molecule has 0 spiro atoms. The van der Waals surface area contributed by atoms with Crippen LogP contribution in [-0.4, -0.2) is 30.6 Å². The van der Waals surface area contributed by atoms with Gasteiger partial charge >= 0.3 is 12.0 Å². The number of urea groups is 1. The number of hydrogen-bond acceptors (Lipinski definition) is 3. The highest BCUT2D eigenvalue weighted by molar-refractivity contribution is 6.30. The van der Waals surface area contributed by atoms with Crippen molar-refractivity contribution < 1.29 is 14.3 Å². The summed E-state index contributed by atoms with van der Waals surface area (Å²) in [7, 11) is 1.60. The van der Waals surface area contributed by atoms with E-state index in [1.54, 1.807) is 38.2 Å². The molecule has 1 atom stereocenters. The summed E-state index contributed by atoms with van der Waals surface area (Å²) in [5, 5.41) is 3.38. The van der Waals surface area contributed by atoms with Gasteiger partial charge in [0.05, 0.1) is 11.6 Å². The Kier molecular flexibility index (Phi) is 4.88. The zero-order valence-corrected chi connectivity index (χ0v) is 13.2. The normalized spacial score (nSPS) is 18.0. The minimum atomic E-state index is -0.571. The summed E-state index contributed by atoms with van der Waals surface area (Å²) < 4.78 is 5.14. The highest BCUT2D eigenvalue weighted by Crippen LogP contribution is 2.31. The summed E-state index contributed by atoms with van der Waals surface area (Å²) in [6, 6.07) is 6.11. The fourth-order valence-electron chi connectivity index (χ4n) is 2.22. The first kappa shape index (κ1) is 16.1. The van der Waals surface area contributed by atoms with Gasteiger partial charge in [-0.25, -0.2) is 9.59 Å². The van der Waals surface area contributed by atoms with Crippen molar-refractivity contribution in [2.45, 2.75) is 13.0 Å². The second kappa shape index (κ2) is 6.66. The lowest BCUT2D eigenvalue weighted by atomic mass is 9.95. The van der Waals surface area contributed by atoms with E-state index >= 15 is 0 Å². The molecular formula is C16H17ClN2O3. The van der Waals surface area contributed by atoms with E-state index in [0.29, 0.717) is 16.3 Å². The number of amides is 2. The van der Waals surface area contributed by atoms with Gasteiger partial charge in [0, 0.05) is 17.8 Å². The maximum atomic E-state index is 12.3. The third-order valence-electron chi connectivity index (χ3n) is 3.51. The SMILES string of the molecule is C=CCOC(=O)C1=C(C)N(C)C(=O)N[C@H]1c1ccc(Cl)cc1. The first-order chi connectivity index (χ1) is 10.5. The van der Waals surface area contributed by atoms with Gasteiger partial charge < -0.3 is 15.0 Å². The summed E-state index contributed by atoms with van der Waals surface area (Å²) in [4.78, 5) is 25.7. The van der Waals surface area contributed by atoms with Gasteiger partial charge in [0.25, 0.3) is 0 Å². The molecule has 0 radical (unpaired) electrons. The van der Waals surface area contributed by atoms with Crippen molar-refractivity contribution in [1.29, 1.82) is 0 Å². The van der Waals surface area contributed by atoms with Crippen molar-refractivity contribution in [3.8, 4) is 0 Å². The second-order valence-electron chi connectivity index (χ2n) is 4.88. The number of rotatable bonds is 4. The molecule has 0 saturated carbocycles. The van der Waals surface area contributed by atoms with E-state index in [4.69, 9.17) is 16.3 Å². The molecule has 0 aromatic heterocycles. The van der Waals surface area contributed by atoms with Gasteiger partial charge in [-0.3, -0.25) is 0 Å². The van der Waals surface area contributed by atoms with Gasteiger partial charge in [-0.15, -0.1) is 0 Å². The molecule has 1 aromatic carbocycles. The average molecular weight is 321 g/mol. The predicted molar refractivity (Wildman–Crippen MR) is 84.3 cm³/mol. The summed E-state index contributed by atoms with van der Waals surface area (Å²) in [6.45, 7) is 5.35. The zero-order chi connectivity index (χ0) is 16.3. The number of allylic oxidation sites excluding steroid dienone is 1. The van der Waals surface area contributed by atoms with Gasteiger partial charge in [-0.05, 0) is 24.6 Å². The van der Waals surface area contributed by atoms with Crippen LogP contribution in [0.5, 0.6) is 0 Å². The van der Waals surface area contributed by atoms with Crippen molar-refractivity contribution in [3.63, 3.8) is 0 Å². The summed E-state index contributed by atoms with van der Waals surface area (Å²) in [5.74, 6) is -0.482. The molecule has 0 fully saturated rings. The molecule has 1 aliphatic rings. The Bertz CT molecular complexity index is 637. The molecule has 0 aliphatic carbocycles. The fraction of sp³-hybridized carbons (Fsp3) is 0.250. The third kappa shape index (κ3) is 3.14. The Hall–Kier alpha value is -2.27. The topological polar surface area (TPSA) is 58.6 Å². The van der Waals surface area contributed by atoms with Crippen LogP contribution < -0.4 is 5.32 Å². The lowest BCUT2D eigenvalue weighted by molar-refractivity contribution is -0.138. The van der Waals surface area contributed by atoms with Crippen LogP contribution >= 0.6 is 11.6 Å². The number of carbonyl (C=O) groups excluding carboxylic acids is 2. The van der Waals surface area contributed by atoms with Crippen molar-refractivity contribution in [3.05, 3.63) is 58.8 Å². The van der Waals surface area contributed by atoms with Crippen LogP contribution in [0.1, 0.15) is 18.5 Å². The van der Waals surface area contributed by atoms with Crippen molar-refractivity contribution in [1.82, 2.24) is 10.2 Å². The number of benzene rings is 1. The number of carbonyl (C=O) groups is 2. The smallest absolute Gasteiger partial charge is 0.338 e.